The Morgan fingerprint density at radius 2 is 2.00 bits per heavy atom. The predicted octanol–water partition coefficient (Wildman–Crippen LogP) is 5.67. The van der Waals surface area contributed by atoms with Crippen molar-refractivity contribution in [3.8, 4) is 5.88 Å². The van der Waals surface area contributed by atoms with E-state index < -0.39 is 5.82 Å². The minimum absolute atomic E-state index is 0.0583. The number of aromatic nitrogens is 1. The van der Waals surface area contributed by atoms with Crippen molar-refractivity contribution < 1.29 is 18.7 Å². The molecule has 2 aromatic carbocycles. The Kier molecular flexibility index (Phi) is 7.65. The van der Waals surface area contributed by atoms with E-state index in [1.54, 1.807) is 18.2 Å². The number of rotatable bonds is 8. The molecule has 0 aliphatic heterocycles. The van der Waals surface area contributed by atoms with Gasteiger partial charge in [0.15, 0.2) is 0 Å². The number of hydrogen-bond donors (Lipinski definition) is 1. The maximum absolute atomic E-state index is 13.5. The Morgan fingerprint density at radius 1 is 1.26 bits per heavy atom. The van der Waals surface area contributed by atoms with Crippen LogP contribution in [0.2, 0.25) is 5.02 Å². The number of amides is 2. The molecule has 0 fully saturated rings. The summed E-state index contributed by atoms with van der Waals surface area (Å²) in [7, 11) is 1.58. The van der Waals surface area contributed by atoms with E-state index in [1.165, 1.54) is 18.2 Å². The molecule has 0 aliphatic carbocycles. The van der Waals surface area contributed by atoms with Crippen LogP contribution in [0.5, 0.6) is 5.88 Å². The molecule has 2 amide bonds. The molecule has 164 valence electrons. The lowest BCUT2D eigenvalue weighted by molar-refractivity contribution is 0.111. The Morgan fingerprint density at radius 3 is 2.68 bits per heavy atom. The third-order valence-electron chi connectivity index (χ3n) is 5.01. The van der Waals surface area contributed by atoms with Crippen molar-refractivity contribution in [2.45, 2.75) is 19.9 Å². The summed E-state index contributed by atoms with van der Waals surface area (Å²) < 4.78 is 24.3. The number of nitrogens with zero attached hydrogens (tertiary/aromatic N) is 2. The summed E-state index contributed by atoms with van der Waals surface area (Å²) in [4.78, 5) is 19.2. The average Bonchev–Trinajstić information content (AvgIpc) is 2.78. The van der Waals surface area contributed by atoms with Crippen molar-refractivity contribution in [1.29, 1.82) is 0 Å². The Balaban J connectivity index is 1.93. The molecule has 0 unspecified atom stereocenters. The molecule has 31 heavy (non-hydrogen) atoms. The van der Waals surface area contributed by atoms with Crippen LogP contribution in [0.1, 0.15) is 25.5 Å². The van der Waals surface area contributed by atoms with Crippen LogP contribution in [0.4, 0.5) is 14.9 Å². The zero-order valence-electron chi connectivity index (χ0n) is 17.7. The van der Waals surface area contributed by atoms with Crippen LogP contribution in [0.3, 0.4) is 0 Å². The van der Waals surface area contributed by atoms with Gasteiger partial charge in [0.1, 0.15) is 5.82 Å². The van der Waals surface area contributed by atoms with Gasteiger partial charge in [-0.25, -0.2) is 14.2 Å². The minimum Gasteiger partial charge on any atom is -0.481 e. The average molecular weight is 446 g/mol. The van der Waals surface area contributed by atoms with Gasteiger partial charge in [-0.05, 0) is 43.5 Å². The number of halogens is 2. The maximum Gasteiger partial charge on any atom is 0.322 e. The van der Waals surface area contributed by atoms with E-state index in [1.807, 2.05) is 38.1 Å². The molecule has 1 aromatic heterocycles. The van der Waals surface area contributed by atoms with Crippen LogP contribution in [-0.2, 0) is 4.74 Å². The fraction of sp³-hybridized carbons (Fsp3) is 0.304. The van der Waals surface area contributed by atoms with Gasteiger partial charge in [0.25, 0.3) is 0 Å². The van der Waals surface area contributed by atoms with Crippen molar-refractivity contribution in [3.05, 3.63) is 65.1 Å². The fourth-order valence-electron chi connectivity index (χ4n) is 3.40. The molecule has 0 saturated carbocycles. The molecule has 3 rings (SSSR count). The monoisotopic (exact) mass is 445 g/mol. The second-order valence-corrected chi connectivity index (χ2v) is 7.30. The third kappa shape index (κ3) is 5.24. The number of carbonyl (C=O) groups is 1. The predicted molar refractivity (Wildman–Crippen MR) is 120 cm³/mol. The van der Waals surface area contributed by atoms with Crippen LogP contribution in [-0.4, -0.2) is 42.8 Å². The molecule has 1 heterocycles. The lowest BCUT2D eigenvalue weighted by Crippen LogP contribution is -2.39. The number of anilines is 1. The van der Waals surface area contributed by atoms with Gasteiger partial charge in [0, 0.05) is 36.0 Å². The summed E-state index contributed by atoms with van der Waals surface area (Å²) in [5.41, 5.74) is 1.28. The minimum atomic E-state index is -0.544. The van der Waals surface area contributed by atoms with Crippen molar-refractivity contribution in [2.24, 2.45) is 0 Å². The second-order valence-electron chi connectivity index (χ2n) is 6.89. The molecule has 1 atom stereocenters. The first-order valence-corrected chi connectivity index (χ1v) is 10.4. The van der Waals surface area contributed by atoms with Gasteiger partial charge in [-0.2, -0.15) is 0 Å². The van der Waals surface area contributed by atoms with E-state index in [0.29, 0.717) is 31.3 Å². The quantitative estimate of drug-likeness (QED) is 0.454. The Labute approximate surface area is 185 Å². The highest BCUT2D eigenvalue weighted by atomic mass is 35.5. The normalized spacial score (nSPS) is 11.9. The van der Waals surface area contributed by atoms with Gasteiger partial charge < -0.3 is 19.7 Å². The summed E-state index contributed by atoms with van der Waals surface area (Å²) in [5.74, 6) is -0.0187. The summed E-state index contributed by atoms with van der Waals surface area (Å²) in [6.45, 7) is 5.11. The standard InChI is InChI=1S/C23H25ClFN3O3/c1-4-31-12-11-28(23(29)27-16-9-10-21(25)20(24)13-16)15(2)19-14-26-22(30-3)18-8-6-5-7-17(18)19/h5-10,13-15H,4,11-12H2,1-3H3,(H,27,29)/t15-/m1/s1. The summed E-state index contributed by atoms with van der Waals surface area (Å²) in [5, 5.41) is 4.55. The smallest absolute Gasteiger partial charge is 0.322 e. The molecular formula is C23H25ClFN3O3. The van der Waals surface area contributed by atoms with Gasteiger partial charge in [-0.1, -0.05) is 29.8 Å². The highest BCUT2D eigenvalue weighted by Crippen LogP contribution is 2.32. The number of pyridine rings is 1. The molecule has 3 aromatic rings. The number of nitrogens with one attached hydrogen (secondary N) is 1. The zero-order chi connectivity index (χ0) is 22.4. The number of urea groups is 1. The molecule has 0 aliphatic rings. The number of ether oxygens (including phenoxy) is 2. The molecule has 1 N–H and O–H groups in total. The van der Waals surface area contributed by atoms with Crippen molar-refractivity contribution in [3.63, 3.8) is 0 Å². The molecule has 0 saturated heterocycles. The number of methoxy groups -OCH3 is 1. The molecule has 0 bridgehead atoms. The second kappa shape index (κ2) is 10.4. The lowest BCUT2D eigenvalue weighted by atomic mass is 10.0. The molecule has 0 spiro atoms. The first-order valence-electron chi connectivity index (χ1n) is 9.98. The van der Waals surface area contributed by atoms with Crippen LogP contribution in [0.25, 0.3) is 10.8 Å². The van der Waals surface area contributed by atoms with E-state index >= 15 is 0 Å². The van der Waals surface area contributed by atoms with Crippen LogP contribution in [0, 0.1) is 5.82 Å². The van der Waals surface area contributed by atoms with Crippen LogP contribution >= 0.6 is 11.6 Å². The first kappa shape index (κ1) is 22.8. The van der Waals surface area contributed by atoms with E-state index in [4.69, 9.17) is 21.1 Å². The molecule has 0 radical (unpaired) electrons. The van der Waals surface area contributed by atoms with Gasteiger partial charge in [-0.3, -0.25) is 0 Å². The molecule has 6 nitrogen and oxygen atoms in total. The topological polar surface area (TPSA) is 63.7 Å². The molecule has 8 heteroatoms. The van der Waals surface area contributed by atoms with Gasteiger partial charge >= 0.3 is 6.03 Å². The van der Waals surface area contributed by atoms with Crippen molar-refractivity contribution >= 4 is 34.1 Å². The number of fused-ring (bicyclic) bond motifs is 1. The Bertz CT molecular complexity index is 1060. The van der Waals surface area contributed by atoms with Gasteiger partial charge in [0.2, 0.25) is 5.88 Å². The Hall–Kier alpha value is -2.90. The highest BCUT2D eigenvalue weighted by Gasteiger charge is 2.24. The van der Waals surface area contributed by atoms with Crippen molar-refractivity contribution in [1.82, 2.24) is 9.88 Å². The largest absolute Gasteiger partial charge is 0.481 e. The SMILES string of the molecule is CCOCCN(C(=O)Nc1ccc(F)c(Cl)c1)[C@H](C)c1cnc(OC)c2ccccc12. The third-order valence-corrected chi connectivity index (χ3v) is 5.30. The number of benzene rings is 2. The number of hydrogen-bond acceptors (Lipinski definition) is 4. The highest BCUT2D eigenvalue weighted by molar-refractivity contribution is 6.31. The fourth-order valence-corrected chi connectivity index (χ4v) is 3.58. The number of carbonyl (C=O) groups excluding carboxylic acids is 1. The van der Waals surface area contributed by atoms with Crippen molar-refractivity contribution in [2.75, 3.05) is 32.2 Å². The van der Waals surface area contributed by atoms with Gasteiger partial charge in [-0.15, -0.1) is 0 Å². The molecular weight excluding hydrogens is 421 g/mol. The summed E-state index contributed by atoms with van der Waals surface area (Å²) >= 11 is 5.85. The maximum atomic E-state index is 13.5. The van der Waals surface area contributed by atoms with Gasteiger partial charge in [0.05, 0.1) is 24.8 Å². The zero-order valence-corrected chi connectivity index (χ0v) is 18.4. The van der Waals surface area contributed by atoms with Crippen LogP contribution in [0.15, 0.2) is 48.7 Å². The summed E-state index contributed by atoms with van der Waals surface area (Å²) in [6.07, 6.45) is 1.72. The van der Waals surface area contributed by atoms with E-state index in [9.17, 15) is 9.18 Å². The lowest BCUT2D eigenvalue weighted by Gasteiger charge is -2.30. The summed E-state index contributed by atoms with van der Waals surface area (Å²) in [6, 6.07) is 11.1. The first-order chi connectivity index (χ1) is 15.0. The van der Waals surface area contributed by atoms with E-state index in [0.717, 1.165) is 16.3 Å². The van der Waals surface area contributed by atoms with E-state index in [-0.39, 0.29) is 17.1 Å². The van der Waals surface area contributed by atoms with Crippen LogP contribution < -0.4 is 10.1 Å². The van der Waals surface area contributed by atoms with E-state index in [2.05, 4.69) is 10.3 Å².